The van der Waals surface area contributed by atoms with Crippen molar-refractivity contribution in [3.8, 4) is 11.4 Å². The zero-order valence-electron chi connectivity index (χ0n) is 15.4. The van der Waals surface area contributed by atoms with E-state index in [1.165, 1.54) is 6.20 Å². The zero-order chi connectivity index (χ0) is 19.0. The number of hydrogen-bond donors (Lipinski definition) is 3. The lowest BCUT2D eigenvalue weighted by atomic mass is 10.0. The molecule has 27 heavy (non-hydrogen) atoms. The average Bonchev–Trinajstić information content (AvgIpc) is 3.06. The van der Waals surface area contributed by atoms with Crippen molar-refractivity contribution in [3.05, 3.63) is 42.1 Å². The van der Waals surface area contributed by atoms with Crippen LogP contribution in [0.5, 0.6) is 0 Å². The molecule has 0 spiro atoms. The summed E-state index contributed by atoms with van der Waals surface area (Å²) >= 11 is 0. The highest BCUT2D eigenvalue weighted by Gasteiger charge is 2.20. The average molecular weight is 370 g/mol. The molecule has 0 radical (unpaired) electrons. The Labute approximate surface area is 156 Å². The van der Waals surface area contributed by atoms with Gasteiger partial charge in [-0.05, 0) is 44.9 Å². The molecule has 3 aromatic heterocycles. The van der Waals surface area contributed by atoms with Crippen molar-refractivity contribution in [1.29, 1.82) is 0 Å². The van der Waals surface area contributed by atoms with E-state index in [0.717, 1.165) is 25.9 Å². The molecule has 0 saturated carbocycles. The second-order valence-electron chi connectivity index (χ2n) is 7.43. The normalized spacial score (nSPS) is 18.0. The number of rotatable bonds is 4. The van der Waals surface area contributed by atoms with Crippen molar-refractivity contribution in [2.45, 2.75) is 38.3 Å². The fraction of sp³-hybridized carbons (Fsp3) is 0.421. The van der Waals surface area contributed by atoms with Gasteiger partial charge >= 0.3 is 0 Å². The van der Waals surface area contributed by atoms with Crippen LogP contribution >= 0.6 is 0 Å². The lowest BCUT2D eigenvalue weighted by Gasteiger charge is -2.23. The maximum absolute atomic E-state index is 14.5. The van der Waals surface area contributed by atoms with E-state index in [1.54, 1.807) is 36.7 Å². The van der Waals surface area contributed by atoms with Gasteiger partial charge in [-0.15, -0.1) is 0 Å². The Morgan fingerprint density at radius 2 is 2.15 bits per heavy atom. The number of nitrogens with one attached hydrogen (secondary N) is 2. The molecular weight excluding hydrogens is 347 g/mol. The molecule has 1 saturated heterocycles. The molecule has 142 valence electrons. The first-order valence-corrected chi connectivity index (χ1v) is 9.12. The molecule has 0 unspecified atom stereocenters. The summed E-state index contributed by atoms with van der Waals surface area (Å²) in [6.45, 7) is 5.26. The molecule has 0 aliphatic carbocycles. The van der Waals surface area contributed by atoms with E-state index in [0.29, 0.717) is 22.9 Å². The van der Waals surface area contributed by atoms with Crippen LogP contribution in [0, 0.1) is 5.82 Å². The minimum atomic E-state index is -1.01. The molecule has 7 nitrogen and oxygen atoms in total. The van der Waals surface area contributed by atoms with Gasteiger partial charge in [0.15, 0.2) is 5.82 Å². The van der Waals surface area contributed by atoms with E-state index in [2.05, 4.69) is 25.6 Å². The Bertz CT molecular complexity index is 958. The van der Waals surface area contributed by atoms with Crippen molar-refractivity contribution in [1.82, 2.24) is 24.7 Å². The smallest absolute Gasteiger partial charge is 0.223 e. The van der Waals surface area contributed by atoms with Gasteiger partial charge in [-0.25, -0.2) is 19.3 Å². The molecule has 8 heteroatoms. The van der Waals surface area contributed by atoms with Crippen molar-refractivity contribution >= 4 is 11.6 Å². The van der Waals surface area contributed by atoms with Crippen LogP contribution < -0.4 is 10.6 Å². The molecule has 0 amide bonds. The van der Waals surface area contributed by atoms with Crippen LogP contribution in [-0.2, 0) is 5.60 Å². The van der Waals surface area contributed by atoms with Crippen LogP contribution in [0.1, 0.15) is 32.3 Å². The molecule has 4 heterocycles. The summed E-state index contributed by atoms with van der Waals surface area (Å²) in [5.74, 6) is -0.119. The third-order valence-electron chi connectivity index (χ3n) is 4.83. The number of imidazole rings is 1. The molecule has 3 N–H and O–H groups in total. The minimum absolute atomic E-state index is 0.177. The Kier molecular flexibility index (Phi) is 4.53. The van der Waals surface area contributed by atoms with Crippen molar-refractivity contribution in [3.63, 3.8) is 0 Å². The first kappa shape index (κ1) is 17.8. The van der Waals surface area contributed by atoms with E-state index < -0.39 is 11.4 Å². The number of halogens is 1. The van der Waals surface area contributed by atoms with Gasteiger partial charge in [0.25, 0.3) is 0 Å². The molecule has 3 aromatic rings. The van der Waals surface area contributed by atoms with Crippen LogP contribution in [0.25, 0.3) is 17.0 Å². The summed E-state index contributed by atoms with van der Waals surface area (Å²) in [5.41, 5.74) is 1.04. The van der Waals surface area contributed by atoms with Crippen LogP contribution in [-0.4, -0.2) is 43.6 Å². The molecule has 1 fully saturated rings. The van der Waals surface area contributed by atoms with Gasteiger partial charge in [0.2, 0.25) is 5.95 Å². The van der Waals surface area contributed by atoms with E-state index in [4.69, 9.17) is 0 Å². The van der Waals surface area contributed by atoms with Gasteiger partial charge in [-0.3, -0.25) is 4.40 Å². The maximum atomic E-state index is 14.5. The van der Waals surface area contributed by atoms with Crippen LogP contribution in [0.4, 0.5) is 10.3 Å². The second kappa shape index (κ2) is 6.86. The number of pyridine rings is 1. The third-order valence-corrected chi connectivity index (χ3v) is 4.83. The molecule has 1 atom stereocenters. The van der Waals surface area contributed by atoms with Gasteiger partial charge in [-0.1, -0.05) is 6.07 Å². The Hall–Kier alpha value is -2.58. The number of nitrogens with zero attached hydrogens (tertiary/aromatic N) is 4. The third kappa shape index (κ3) is 3.63. The molecule has 0 bridgehead atoms. The predicted octanol–water partition coefficient (Wildman–Crippen LogP) is 2.32. The van der Waals surface area contributed by atoms with E-state index in [-0.39, 0.29) is 11.7 Å². The molecule has 0 aromatic carbocycles. The van der Waals surface area contributed by atoms with E-state index >= 15 is 0 Å². The fourth-order valence-electron chi connectivity index (χ4n) is 3.29. The number of anilines is 1. The SMILES string of the molecule is CC(C)(O)c1ccc2ncc(-c3nc(N[C@@H]4CCCNC4)ncc3F)n2c1. The predicted molar refractivity (Wildman–Crippen MR) is 101 cm³/mol. The Balaban J connectivity index is 1.73. The van der Waals surface area contributed by atoms with Gasteiger partial charge in [0, 0.05) is 18.8 Å². The first-order valence-electron chi connectivity index (χ1n) is 9.12. The standard InChI is InChI=1S/C19H23FN6O/c1-19(2,27)12-5-6-16-22-10-15(26(16)11-12)17-14(20)9-23-18(25-17)24-13-4-3-7-21-8-13/h5-6,9-11,13,21,27H,3-4,7-8H2,1-2H3,(H,23,24,25)/t13-/m1/s1. The first-order chi connectivity index (χ1) is 12.9. The number of piperidine rings is 1. The summed E-state index contributed by atoms with van der Waals surface area (Å²) in [5, 5.41) is 16.9. The zero-order valence-corrected chi connectivity index (χ0v) is 15.4. The van der Waals surface area contributed by atoms with Crippen LogP contribution in [0.15, 0.2) is 30.7 Å². The Morgan fingerprint density at radius 1 is 1.30 bits per heavy atom. The summed E-state index contributed by atoms with van der Waals surface area (Å²) in [4.78, 5) is 12.8. The number of aliphatic hydroxyl groups is 1. The summed E-state index contributed by atoms with van der Waals surface area (Å²) in [6, 6.07) is 3.83. The van der Waals surface area contributed by atoms with Gasteiger partial charge in [0.1, 0.15) is 11.3 Å². The summed E-state index contributed by atoms with van der Waals surface area (Å²) in [6.07, 6.45) is 6.63. The van der Waals surface area contributed by atoms with Crippen LogP contribution in [0.2, 0.25) is 0 Å². The van der Waals surface area contributed by atoms with Gasteiger partial charge < -0.3 is 15.7 Å². The summed E-state index contributed by atoms with van der Waals surface area (Å²) < 4.78 is 16.3. The number of hydrogen-bond acceptors (Lipinski definition) is 6. The summed E-state index contributed by atoms with van der Waals surface area (Å²) in [7, 11) is 0. The molecule has 1 aliphatic heterocycles. The van der Waals surface area contributed by atoms with Crippen molar-refractivity contribution in [2.75, 3.05) is 18.4 Å². The Morgan fingerprint density at radius 3 is 2.89 bits per heavy atom. The lowest BCUT2D eigenvalue weighted by Crippen LogP contribution is -2.38. The fourth-order valence-corrected chi connectivity index (χ4v) is 3.29. The van der Waals surface area contributed by atoms with Gasteiger partial charge in [-0.2, -0.15) is 0 Å². The largest absolute Gasteiger partial charge is 0.386 e. The molecule has 4 rings (SSSR count). The number of fused-ring (bicyclic) bond motifs is 1. The van der Waals surface area contributed by atoms with Crippen molar-refractivity contribution < 1.29 is 9.50 Å². The van der Waals surface area contributed by atoms with E-state index in [9.17, 15) is 9.50 Å². The highest BCUT2D eigenvalue weighted by molar-refractivity contribution is 5.62. The maximum Gasteiger partial charge on any atom is 0.223 e. The molecular formula is C19H23FN6O. The van der Waals surface area contributed by atoms with Gasteiger partial charge in [0.05, 0.1) is 23.7 Å². The minimum Gasteiger partial charge on any atom is -0.386 e. The van der Waals surface area contributed by atoms with Crippen molar-refractivity contribution in [2.24, 2.45) is 0 Å². The van der Waals surface area contributed by atoms with Crippen LogP contribution in [0.3, 0.4) is 0 Å². The topological polar surface area (TPSA) is 87.4 Å². The number of aromatic nitrogens is 4. The lowest BCUT2D eigenvalue weighted by molar-refractivity contribution is 0.0782. The highest BCUT2D eigenvalue weighted by Crippen LogP contribution is 2.26. The van der Waals surface area contributed by atoms with E-state index in [1.807, 2.05) is 6.07 Å². The second-order valence-corrected chi connectivity index (χ2v) is 7.43. The monoisotopic (exact) mass is 370 g/mol. The molecule has 1 aliphatic rings. The quantitative estimate of drug-likeness (QED) is 0.653. The highest BCUT2D eigenvalue weighted by atomic mass is 19.1.